The molecule has 0 bridgehead atoms. The van der Waals surface area contributed by atoms with Crippen molar-refractivity contribution in [3.8, 4) is 0 Å². The summed E-state index contributed by atoms with van der Waals surface area (Å²) in [5.74, 6) is -3.37. The van der Waals surface area contributed by atoms with Crippen molar-refractivity contribution >= 4 is 23.9 Å². The summed E-state index contributed by atoms with van der Waals surface area (Å²) in [6, 6.07) is 0. The van der Waals surface area contributed by atoms with Crippen molar-refractivity contribution < 1.29 is 28.7 Å². The highest BCUT2D eigenvalue weighted by Gasteiger charge is 2.50. The smallest absolute Gasteiger partial charge is 0.338 e. The monoisotopic (exact) mass is 304 g/mol. The first-order valence-corrected chi connectivity index (χ1v) is 6.85. The Kier molecular flexibility index (Phi) is 4.12. The van der Waals surface area contributed by atoms with Crippen molar-refractivity contribution in [3.05, 3.63) is 37.5 Å². The molecule has 0 saturated heterocycles. The van der Waals surface area contributed by atoms with Crippen LogP contribution in [0.15, 0.2) is 37.5 Å². The van der Waals surface area contributed by atoms with Gasteiger partial charge in [-0.3, -0.25) is 9.59 Å². The minimum atomic E-state index is -0.993. The second-order valence-corrected chi connectivity index (χ2v) is 5.47. The van der Waals surface area contributed by atoms with E-state index < -0.39 is 34.7 Å². The van der Waals surface area contributed by atoms with E-state index in [9.17, 15) is 19.2 Å². The molecule has 0 amide bonds. The van der Waals surface area contributed by atoms with E-state index in [1.807, 2.05) is 0 Å². The average molecular weight is 304 g/mol. The van der Waals surface area contributed by atoms with Gasteiger partial charge in [-0.2, -0.15) is 0 Å². The zero-order valence-corrected chi connectivity index (χ0v) is 12.0. The first kappa shape index (κ1) is 15.9. The maximum absolute atomic E-state index is 11.6. The summed E-state index contributed by atoms with van der Waals surface area (Å²) in [6.45, 7) is 7.03. The standard InChI is InChI=1S/C16H16O6/c1-3-15(7-8-15)13(19)21-11(17)5-6-12(18)22-14(20)16(4-2)9-10-16/h3-6H,1-2,7-10H2. The van der Waals surface area contributed by atoms with Gasteiger partial charge in [0.25, 0.3) is 0 Å². The fourth-order valence-corrected chi connectivity index (χ4v) is 1.84. The molecule has 0 aliphatic heterocycles. The number of hydrogen-bond acceptors (Lipinski definition) is 6. The van der Waals surface area contributed by atoms with E-state index in [1.54, 1.807) is 0 Å². The van der Waals surface area contributed by atoms with Gasteiger partial charge >= 0.3 is 23.9 Å². The van der Waals surface area contributed by atoms with E-state index in [4.69, 9.17) is 0 Å². The second kappa shape index (κ2) is 5.71. The van der Waals surface area contributed by atoms with Gasteiger partial charge in [0.1, 0.15) is 0 Å². The van der Waals surface area contributed by atoms with Crippen LogP contribution in [0.2, 0.25) is 0 Å². The molecule has 0 N–H and O–H groups in total. The van der Waals surface area contributed by atoms with Gasteiger partial charge in [0.15, 0.2) is 0 Å². The zero-order chi connectivity index (χ0) is 16.4. The maximum atomic E-state index is 11.6. The summed E-state index contributed by atoms with van der Waals surface area (Å²) in [5, 5.41) is 0. The molecule has 0 unspecified atom stereocenters. The van der Waals surface area contributed by atoms with E-state index in [1.165, 1.54) is 12.2 Å². The highest BCUT2D eigenvalue weighted by Crippen LogP contribution is 2.48. The number of hydrogen-bond donors (Lipinski definition) is 0. The largest absolute Gasteiger partial charge is 0.389 e. The molecule has 22 heavy (non-hydrogen) atoms. The van der Waals surface area contributed by atoms with Crippen molar-refractivity contribution in [3.63, 3.8) is 0 Å². The van der Waals surface area contributed by atoms with Gasteiger partial charge in [0.2, 0.25) is 0 Å². The average Bonchev–Trinajstić information content (AvgIpc) is 3.39. The Morgan fingerprint density at radius 1 is 0.727 bits per heavy atom. The lowest BCUT2D eigenvalue weighted by molar-refractivity contribution is -0.162. The van der Waals surface area contributed by atoms with E-state index in [0.717, 1.165) is 12.2 Å². The van der Waals surface area contributed by atoms with Crippen LogP contribution in [0, 0.1) is 10.8 Å². The molecule has 0 aromatic carbocycles. The Morgan fingerprint density at radius 2 is 1.05 bits per heavy atom. The molecular formula is C16H16O6. The Hall–Kier alpha value is -2.50. The lowest BCUT2D eigenvalue weighted by Gasteiger charge is -2.07. The highest BCUT2D eigenvalue weighted by atomic mass is 16.6. The number of carbonyl (C=O) groups is 4. The van der Waals surface area contributed by atoms with Crippen molar-refractivity contribution in [2.75, 3.05) is 0 Å². The molecular weight excluding hydrogens is 288 g/mol. The molecule has 0 heterocycles. The second-order valence-electron chi connectivity index (χ2n) is 5.47. The Labute approximate surface area is 127 Å². The fourth-order valence-electron chi connectivity index (χ4n) is 1.84. The SMILES string of the molecule is C=CC1(C(=O)OC(=O)C=CC(=O)OC(=O)C2(C=C)CC2)CC1. The number of rotatable bonds is 6. The van der Waals surface area contributed by atoms with Crippen LogP contribution in [0.25, 0.3) is 0 Å². The predicted octanol–water partition coefficient (Wildman–Crippen LogP) is 1.61. The van der Waals surface area contributed by atoms with Gasteiger partial charge in [-0.1, -0.05) is 12.2 Å². The van der Waals surface area contributed by atoms with Gasteiger partial charge in [0, 0.05) is 12.2 Å². The van der Waals surface area contributed by atoms with Crippen LogP contribution in [0.5, 0.6) is 0 Å². The molecule has 2 aliphatic rings. The molecule has 116 valence electrons. The van der Waals surface area contributed by atoms with Gasteiger partial charge < -0.3 is 9.47 Å². The Bertz CT molecular complexity index is 538. The third-order valence-electron chi connectivity index (χ3n) is 3.91. The van der Waals surface area contributed by atoms with Crippen molar-refractivity contribution in [1.82, 2.24) is 0 Å². The molecule has 2 saturated carbocycles. The zero-order valence-electron chi connectivity index (χ0n) is 12.0. The number of carbonyl (C=O) groups excluding carboxylic acids is 4. The molecule has 0 aromatic heterocycles. The molecule has 6 nitrogen and oxygen atoms in total. The highest BCUT2D eigenvalue weighted by molar-refractivity contribution is 6.01. The van der Waals surface area contributed by atoms with E-state index >= 15 is 0 Å². The first-order chi connectivity index (χ1) is 10.4. The van der Waals surface area contributed by atoms with Crippen LogP contribution in [-0.2, 0) is 28.7 Å². The van der Waals surface area contributed by atoms with Crippen molar-refractivity contribution in [2.24, 2.45) is 10.8 Å². The van der Waals surface area contributed by atoms with Gasteiger partial charge in [0.05, 0.1) is 10.8 Å². The lowest BCUT2D eigenvalue weighted by atomic mass is 10.1. The molecule has 2 fully saturated rings. The predicted molar refractivity (Wildman–Crippen MR) is 75.1 cm³/mol. The van der Waals surface area contributed by atoms with Crippen LogP contribution in [0.1, 0.15) is 25.7 Å². The maximum Gasteiger partial charge on any atom is 0.338 e. The number of esters is 4. The Morgan fingerprint density at radius 3 is 1.27 bits per heavy atom. The lowest BCUT2D eigenvalue weighted by Crippen LogP contribution is -2.21. The summed E-state index contributed by atoms with van der Waals surface area (Å²) in [7, 11) is 0. The van der Waals surface area contributed by atoms with Crippen molar-refractivity contribution in [1.29, 1.82) is 0 Å². The molecule has 0 radical (unpaired) electrons. The fraction of sp³-hybridized carbons (Fsp3) is 0.375. The summed E-state index contributed by atoms with van der Waals surface area (Å²) in [5.41, 5.74) is -1.55. The van der Waals surface area contributed by atoms with Gasteiger partial charge in [-0.05, 0) is 25.7 Å². The van der Waals surface area contributed by atoms with Crippen LogP contribution in [-0.4, -0.2) is 23.9 Å². The van der Waals surface area contributed by atoms with Gasteiger partial charge in [-0.25, -0.2) is 9.59 Å². The third kappa shape index (κ3) is 3.21. The van der Waals surface area contributed by atoms with Crippen LogP contribution >= 0.6 is 0 Å². The third-order valence-corrected chi connectivity index (χ3v) is 3.91. The quantitative estimate of drug-likeness (QED) is 0.321. The minimum absolute atomic E-state index is 0.590. The number of ether oxygens (including phenoxy) is 2. The van der Waals surface area contributed by atoms with Crippen LogP contribution in [0.4, 0.5) is 0 Å². The van der Waals surface area contributed by atoms with Crippen LogP contribution in [0.3, 0.4) is 0 Å². The van der Waals surface area contributed by atoms with Crippen molar-refractivity contribution in [2.45, 2.75) is 25.7 Å². The van der Waals surface area contributed by atoms with Crippen LogP contribution < -0.4 is 0 Å². The topological polar surface area (TPSA) is 86.7 Å². The minimum Gasteiger partial charge on any atom is -0.389 e. The molecule has 0 atom stereocenters. The normalized spacial score (nSPS) is 19.8. The molecule has 2 rings (SSSR count). The summed E-state index contributed by atoms with van der Waals surface area (Å²) < 4.78 is 9.16. The molecule has 2 aliphatic carbocycles. The van der Waals surface area contributed by atoms with E-state index in [0.29, 0.717) is 25.7 Å². The Balaban J connectivity index is 1.81. The molecule has 6 heteroatoms. The van der Waals surface area contributed by atoms with Gasteiger partial charge in [-0.15, -0.1) is 13.2 Å². The summed E-state index contributed by atoms with van der Waals surface area (Å²) in [4.78, 5) is 46.1. The molecule has 0 aromatic rings. The van der Waals surface area contributed by atoms with E-state index in [-0.39, 0.29) is 0 Å². The van der Waals surface area contributed by atoms with E-state index in [2.05, 4.69) is 22.6 Å². The summed E-state index contributed by atoms with van der Waals surface area (Å²) >= 11 is 0. The molecule has 0 spiro atoms. The first-order valence-electron chi connectivity index (χ1n) is 6.85. The summed E-state index contributed by atoms with van der Waals surface area (Å²) in [6.07, 6.45) is 6.76.